The van der Waals surface area contributed by atoms with Crippen molar-refractivity contribution in [2.75, 3.05) is 18.1 Å². The van der Waals surface area contributed by atoms with Crippen LogP contribution in [0.25, 0.3) is 0 Å². The first kappa shape index (κ1) is 16.3. The Hall–Kier alpha value is -1.07. The smallest absolute Gasteiger partial charge is 0.175 e. The van der Waals surface area contributed by atoms with E-state index in [-0.39, 0.29) is 0 Å². The van der Waals surface area contributed by atoms with Crippen LogP contribution in [0.5, 0.6) is 0 Å². The summed E-state index contributed by atoms with van der Waals surface area (Å²) in [4.78, 5) is 0.374. The summed E-state index contributed by atoms with van der Waals surface area (Å²) in [7, 11) is -3.16. The normalized spacial score (nSPS) is 21.0. The number of benzene rings is 1. The fourth-order valence-electron chi connectivity index (χ4n) is 2.86. The number of hydrogen-bond donors (Lipinski definition) is 2. The van der Waals surface area contributed by atoms with E-state index in [9.17, 15) is 8.42 Å². The second kappa shape index (κ2) is 6.79. The molecule has 1 aromatic carbocycles. The fourth-order valence-corrected chi connectivity index (χ4v) is 3.51. The van der Waals surface area contributed by atoms with Gasteiger partial charge in [0.25, 0.3) is 0 Å². The Morgan fingerprint density at radius 1 is 1.38 bits per heavy atom. The zero-order chi connectivity index (χ0) is 15.5. The SMILES string of the molecule is Cc1ccc(S(C)(=O)=O)cc1NC(C)CC1CCCCN1. The molecule has 0 radical (unpaired) electrons. The molecule has 1 heterocycles. The molecule has 4 nitrogen and oxygen atoms in total. The highest BCUT2D eigenvalue weighted by Gasteiger charge is 2.17. The minimum Gasteiger partial charge on any atom is -0.382 e. The van der Waals surface area contributed by atoms with Gasteiger partial charge in [0.2, 0.25) is 0 Å². The Balaban J connectivity index is 2.04. The Morgan fingerprint density at radius 3 is 2.76 bits per heavy atom. The highest BCUT2D eigenvalue weighted by atomic mass is 32.2. The van der Waals surface area contributed by atoms with E-state index in [4.69, 9.17) is 0 Å². The number of sulfone groups is 1. The number of rotatable bonds is 5. The van der Waals surface area contributed by atoms with Gasteiger partial charge in [-0.1, -0.05) is 12.5 Å². The summed E-state index contributed by atoms with van der Waals surface area (Å²) in [6.45, 7) is 5.27. The van der Waals surface area contributed by atoms with Gasteiger partial charge in [0.15, 0.2) is 9.84 Å². The fraction of sp³-hybridized carbons (Fsp3) is 0.625. The maximum atomic E-state index is 11.7. The predicted molar refractivity (Wildman–Crippen MR) is 87.6 cm³/mol. The molecule has 5 heteroatoms. The van der Waals surface area contributed by atoms with Crippen LogP contribution in [0.3, 0.4) is 0 Å². The molecule has 1 saturated heterocycles. The van der Waals surface area contributed by atoms with E-state index in [0.717, 1.165) is 24.2 Å². The van der Waals surface area contributed by atoms with Crippen LogP contribution in [0.1, 0.15) is 38.2 Å². The Kier molecular flexibility index (Phi) is 5.27. The predicted octanol–water partition coefficient (Wildman–Crippen LogP) is 2.73. The van der Waals surface area contributed by atoms with E-state index in [1.165, 1.54) is 25.5 Å². The lowest BCUT2D eigenvalue weighted by Gasteiger charge is -2.27. The van der Waals surface area contributed by atoms with Crippen LogP contribution in [-0.2, 0) is 9.84 Å². The zero-order valence-corrected chi connectivity index (χ0v) is 14.0. The molecule has 118 valence electrons. The summed E-state index contributed by atoms with van der Waals surface area (Å²) in [5.74, 6) is 0. The Labute approximate surface area is 128 Å². The van der Waals surface area contributed by atoms with E-state index >= 15 is 0 Å². The molecule has 21 heavy (non-hydrogen) atoms. The number of nitrogens with one attached hydrogen (secondary N) is 2. The average Bonchev–Trinajstić information content (AvgIpc) is 2.41. The molecule has 0 spiro atoms. The molecule has 2 atom stereocenters. The molecular weight excluding hydrogens is 284 g/mol. The molecule has 2 rings (SSSR count). The largest absolute Gasteiger partial charge is 0.382 e. The van der Waals surface area contributed by atoms with Crippen LogP contribution in [0, 0.1) is 6.92 Å². The molecule has 0 amide bonds. The number of anilines is 1. The van der Waals surface area contributed by atoms with Gasteiger partial charge in [-0.05, 0) is 57.4 Å². The Bertz CT molecular complexity index is 578. The first-order valence-electron chi connectivity index (χ1n) is 7.67. The summed E-state index contributed by atoms with van der Waals surface area (Å²) < 4.78 is 23.3. The van der Waals surface area contributed by atoms with Crippen molar-refractivity contribution in [1.82, 2.24) is 5.32 Å². The maximum absolute atomic E-state index is 11.7. The summed E-state index contributed by atoms with van der Waals surface area (Å²) in [5.41, 5.74) is 1.99. The lowest BCUT2D eigenvalue weighted by atomic mass is 9.98. The third kappa shape index (κ3) is 4.71. The van der Waals surface area contributed by atoms with Crippen LogP contribution in [0.4, 0.5) is 5.69 Å². The van der Waals surface area contributed by atoms with Crippen molar-refractivity contribution < 1.29 is 8.42 Å². The summed E-state index contributed by atoms with van der Waals surface area (Å²) >= 11 is 0. The second-order valence-electron chi connectivity index (χ2n) is 6.18. The topological polar surface area (TPSA) is 58.2 Å². The van der Waals surface area contributed by atoms with Crippen molar-refractivity contribution in [2.45, 2.75) is 56.5 Å². The van der Waals surface area contributed by atoms with Gasteiger partial charge in [-0.2, -0.15) is 0 Å². The van der Waals surface area contributed by atoms with Crippen molar-refractivity contribution in [1.29, 1.82) is 0 Å². The van der Waals surface area contributed by atoms with Gasteiger partial charge in [-0.25, -0.2) is 8.42 Å². The van der Waals surface area contributed by atoms with Crippen LogP contribution in [0.2, 0.25) is 0 Å². The van der Waals surface area contributed by atoms with Gasteiger partial charge in [0.05, 0.1) is 4.90 Å². The monoisotopic (exact) mass is 310 g/mol. The van der Waals surface area contributed by atoms with E-state index < -0.39 is 9.84 Å². The van der Waals surface area contributed by atoms with E-state index in [1.54, 1.807) is 12.1 Å². The molecule has 1 aromatic rings. The van der Waals surface area contributed by atoms with Gasteiger partial charge < -0.3 is 10.6 Å². The van der Waals surface area contributed by atoms with E-state index in [1.807, 2.05) is 13.0 Å². The summed E-state index contributed by atoms with van der Waals surface area (Å²) in [6.07, 6.45) is 6.11. The average molecular weight is 310 g/mol. The lowest BCUT2D eigenvalue weighted by Crippen LogP contribution is -2.37. The van der Waals surface area contributed by atoms with Crippen molar-refractivity contribution in [3.05, 3.63) is 23.8 Å². The Morgan fingerprint density at radius 2 is 2.14 bits per heavy atom. The van der Waals surface area contributed by atoms with Crippen molar-refractivity contribution in [3.8, 4) is 0 Å². The molecule has 1 fully saturated rings. The van der Waals surface area contributed by atoms with Crippen molar-refractivity contribution in [2.24, 2.45) is 0 Å². The first-order chi connectivity index (χ1) is 9.86. The number of aryl methyl sites for hydroxylation is 1. The van der Waals surface area contributed by atoms with Crippen LogP contribution < -0.4 is 10.6 Å². The minimum absolute atomic E-state index is 0.314. The van der Waals surface area contributed by atoms with Crippen molar-refractivity contribution in [3.63, 3.8) is 0 Å². The maximum Gasteiger partial charge on any atom is 0.175 e. The molecular formula is C16H26N2O2S. The standard InChI is InChI=1S/C16H26N2O2S/c1-12-7-8-15(21(3,19)20)11-16(12)18-13(2)10-14-6-4-5-9-17-14/h7-8,11,13-14,17-18H,4-6,9-10H2,1-3H3. The highest BCUT2D eigenvalue weighted by molar-refractivity contribution is 7.90. The molecule has 2 unspecified atom stereocenters. The molecule has 0 aliphatic carbocycles. The van der Waals surface area contributed by atoms with Gasteiger partial charge in [-0.3, -0.25) is 0 Å². The van der Waals surface area contributed by atoms with Crippen LogP contribution >= 0.6 is 0 Å². The minimum atomic E-state index is -3.16. The highest BCUT2D eigenvalue weighted by Crippen LogP contribution is 2.22. The van der Waals surface area contributed by atoms with Crippen molar-refractivity contribution >= 4 is 15.5 Å². The third-order valence-electron chi connectivity index (χ3n) is 4.09. The molecule has 2 N–H and O–H groups in total. The molecule has 1 aliphatic rings. The van der Waals surface area contributed by atoms with E-state index in [0.29, 0.717) is 17.0 Å². The molecule has 0 saturated carbocycles. The number of piperidine rings is 1. The van der Waals surface area contributed by atoms with E-state index in [2.05, 4.69) is 17.6 Å². The van der Waals surface area contributed by atoms with Gasteiger partial charge in [0.1, 0.15) is 0 Å². The third-order valence-corrected chi connectivity index (χ3v) is 5.20. The summed E-state index contributed by atoms with van der Waals surface area (Å²) in [5, 5.41) is 7.02. The van der Waals surface area contributed by atoms with Crippen LogP contribution in [0.15, 0.2) is 23.1 Å². The van der Waals surface area contributed by atoms with Gasteiger partial charge >= 0.3 is 0 Å². The van der Waals surface area contributed by atoms with Crippen LogP contribution in [-0.4, -0.2) is 33.3 Å². The zero-order valence-electron chi connectivity index (χ0n) is 13.1. The quantitative estimate of drug-likeness (QED) is 0.878. The molecule has 0 aromatic heterocycles. The second-order valence-corrected chi connectivity index (χ2v) is 8.19. The van der Waals surface area contributed by atoms with Gasteiger partial charge in [0, 0.05) is 24.0 Å². The lowest BCUT2D eigenvalue weighted by molar-refractivity contribution is 0.371. The first-order valence-corrected chi connectivity index (χ1v) is 9.56. The van der Waals surface area contributed by atoms with Gasteiger partial charge in [-0.15, -0.1) is 0 Å². The number of hydrogen-bond acceptors (Lipinski definition) is 4. The summed E-state index contributed by atoms with van der Waals surface area (Å²) in [6, 6.07) is 6.16. The molecule has 0 bridgehead atoms. The molecule has 1 aliphatic heterocycles.